The maximum atomic E-state index is 13.3. The standard InChI is InChI=1S/C27H37N3O3S/c1-20-8-4-5-10-23(20)19-29-16-13-24(14-17-29)28-27(31)26-18-25(12-11-21(26)2)34(32,33)30-15-7-6-9-22(30)3/h4-5,8,10-12,18,22,24H,6-7,9,13-17,19H2,1-3H3,(H,28,31). The molecular weight excluding hydrogens is 446 g/mol. The molecule has 34 heavy (non-hydrogen) atoms. The van der Waals surface area contributed by atoms with Crippen molar-refractivity contribution in [1.82, 2.24) is 14.5 Å². The average Bonchev–Trinajstić information content (AvgIpc) is 2.82. The molecule has 184 valence electrons. The van der Waals surface area contributed by atoms with Crippen LogP contribution < -0.4 is 5.32 Å². The van der Waals surface area contributed by atoms with Crippen molar-refractivity contribution < 1.29 is 13.2 Å². The predicted octanol–water partition coefficient (Wildman–Crippen LogP) is 4.26. The van der Waals surface area contributed by atoms with E-state index < -0.39 is 10.0 Å². The molecule has 2 aliphatic rings. The maximum Gasteiger partial charge on any atom is 0.251 e. The summed E-state index contributed by atoms with van der Waals surface area (Å²) in [6.45, 7) is 9.30. The average molecular weight is 484 g/mol. The van der Waals surface area contributed by atoms with Gasteiger partial charge in [0.2, 0.25) is 10.0 Å². The fraction of sp³-hybridized carbons (Fsp3) is 0.519. The molecule has 1 atom stereocenters. The van der Waals surface area contributed by atoms with Crippen LogP contribution in [0.25, 0.3) is 0 Å². The number of carbonyl (C=O) groups is 1. The Labute approximate surface area is 204 Å². The highest BCUT2D eigenvalue weighted by atomic mass is 32.2. The Balaban J connectivity index is 1.39. The number of carbonyl (C=O) groups excluding carboxylic acids is 1. The Morgan fingerprint density at radius 2 is 1.71 bits per heavy atom. The summed E-state index contributed by atoms with van der Waals surface area (Å²) in [4.78, 5) is 15.8. The number of benzene rings is 2. The first-order valence-electron chi connectivity index (χ1n) is 12.5. The number of piperidine rings is 2. The zero-order chi connectivity index (χ0) is 24.3. The molecule has 2 fully saturated rings. The molecule has 1 unspecified atom stereocenters. The van der Waals surface area contributed by atoms with Crippen molar-refractivity contribution in [2.24, 2.45) is 0 Å². The van der Waals surface area contributed by atoms with E-state index in [9.17, 15) is 13.2 Å². The first-order chi connectivity index (χ1) is 16.3. The zero-order valence-corrected chi connectivity index (χ0v) is 21.4. The van der Waals surface area contributed by atoms with Gasteiger partial charge in [0.25, 0.3) is 5.91 Å². The minimum Gasteiger partial charge on any atom is -0.349 e. The van der Waals surface area contributed by atoms with Crippen molar-refractivity contribution in [1.29, 1.82) is 0 Å². The highest BCUT2D eigenvalue weighted by molar-refractivity contribution is 7.89. The molecular formula is C27H37N3O3S. The summed E-state index contributed by atoms with van der Waals surface area (Å²) in [5.41, 5.74) is 3.90. The van der Waals surface area contributed by atoms with Crippen LogP contribution in [0.2, 0.25) is 0 Å². The number of hydrogen-bond donors (Lipinski definition) is 1. The Kier molecular flexibility index (Phi) is 7.75. The number of aryl methyl sites for hydroxylation is 2. The van der Waals surface area contributed by atoms with Crippen LogP contribution in [0.3, 0.4) is 0 Å². The van der Waals surface area contributed by atoms with Gasteiger partial charge in [-0.25, -0.2) is 8.42 Å². The number of rotatable bonds is 6. The molecule has 0 radical (unpaired) electrons. The van der Waals surface area contributed by atoms with Crippen molar-refractivity contribution in [3.63, 3.8) is 0 Å². The third-order valence-corrected chi connectivity index (χ3v) is 9.39. The minimum absolute atomic E-state index is 0.0119. The van der Waals surface area contributed by atoms with Gasteiger partial charge in [-0.2, -0.15) is 4.31 Å². The second kappa shape index (κ2) is 10.6. The molecule has 0 aliphatic carbocycles. The fourth-order valence-corrected chi connectivity index (χ4v) is 6.82. The minimum atomic E-state index is -3.61. The summed E-state index contributed by atoms with van der Waals surface area (Å²) >= 11 is 0. The van der Waals surface area contributed by atoms with Gasteiger partial charge in [-0.05, 0) is 75.3 Å². The third-order valence-electron chi connectivity index (χ3n) is 7.38. The lowest BCUT2D eigenvalue weighted by Gasteiger charge is -2.33. The van der Waals surface area contributed by atoms with Gasteiger partial charge in [0, 0.05) is 43.8 Å². The first-order valence-corrected chi connectivity index (χ1v) is 13.9. The quantitative estimate of drug-likeness (QED) is 0.667. The van der Waals surface area contributed by atoms with Gasteiger partial charge in [0.05, 0.1) is 4.90 Å². The van der Waals surface area contributed by atoms with Gasteiger partial charge in [-0.3, -0.25) is 9.69 Å². The highest BCUT2D eigenvalue weighted by Gasteiger charge is 2.32. The van der Waals surface area contributed by atoms with E-state index in [4.69, 9.17) is 0 Å². The van der Waals surface area contributed by atoms with E-state index in [1.165, 1.54) is 11.1 Å². The van der Waals surface area contributed by atoms with Crippen LogP contribution in [-0.4, -0.2) is 55.2 Å². The van der Waals surface area contributed by atoms with Gasteiger partial charge < -0.3 is 5.32 Å². The van der Waals surface area contributed by atoms with Gasteiger partial charge in [-0.15, -0.1) is 0 Å². The van der Waals surface area contributed by atoms with Crippen molar-refractivity contribution in [2.75, 3.05) is 19.6 Å². The van der Waals surface area contributed by atoms with Gasteiger partial charge in [-0.1, -0.05) is 36.8 Å². The van der Waals surface area contributed by atoms with Gasteiger partial charge in [0.15, 0.2) is 0 Å². The number of amides is 1. The fourth-order valence-electron chi connectivity index (χ4n) is 5.10. The zero-order valence-electron chi connectivity index (χ0n) is 20.6. The Hall–Kier alpha value is -2.22. The molecule has 0 spiro atoms. The molecule has 1 amide bonds. The van der Waals surface area contributed by atoms with Crippen molar-refractivity contribution in [2.45, 2.75) is 76.4 Å². The van der Waals surface area contributed by atoms with Crippen molar-refractivity contribution >= 4 is 15.9 Å². The Bertz CT molecular complexity index is 1120. The smallest absolute Gasteiger partial charge is 0.251 e. The number of sulfonamides is 1. The molecule has 7 heteroatoms. The van der Waals surface area contributed by atoms with Crippen LogP contribution >= 0.6 is 0 Å². The topological polar surface area (TPSA) is 69.7 Å². The number of nitrogens with zero attached hydrogens (tertiary/aromatic N) is 2. The number of hydrogen-bond acceptors (Lipinski definition) is 4. The van der Waals surface area contributed by atoms with Crippen molar-refractivity contribution in [3.8, 4) is 0 Å². The van der Waals surface area contributed by atoms with Crippen LogP contribution in [-0.2, 0) is 16.6 Å². The van der Waals surface area contributed by atoms with Crippen LogP contribution in [0.4, 0.5) is 0 Å². The van der Waals surface area contributed by atoms with E-state index in [0.717, 1.165) is 57.3 Å². The largest absolute Gasteiger partial charge is 0.349 e. The van der Waals surface area contributed by atoms with Crippen LogP contribution in [0.1, 0.15) is 66.1 Å². The molecule has 2 aromatic carbocycles. The van der Waals surface area contributed by atoms with Crippen molar-refractivity contribution in [3.05, 3.63) is 64.7 Å². The SMILES string of the molecule is Cc1ccccc1CN1CCC(NC(=O)c2cc(S(=O)(=O)N3CCCCC3C)ccc2C)CC1. The van der Waals surface area contributed by atoms with E-state index >= 15 is 0 Å². The summed E-state index contributed by atoms with van der Waals surface area (Å²) in [5.74, 6) is -0.182. The lowest BCUT2D eigenvalue weighted by molar-refractivity contribution is 0.0908. The maximum absolute atomic E-state index is 13.3. The summed E-state index contributed by atoms with van der Waals surface area (Å²) in [6, 6.07) is 13.5. The monoisotopic (exact) mass is 483 g/mol. The van der Waals surface area contributed by atoms with E-state index in [-0.39, 0.29) is 22.9 Å². The molecule has 2 aromatic rings. The van der Waals surface area contributed by atoms with Gasteiger partial charge in [0.1, 0.15) is 0 Å². The lowest BCUT2D eigenvalue weighted by Crippen LogP contribution is -2.44. The second-order valence-electron chi connectivity index (χ2n) is 9.89. The molecule has 0 bridgehead atoms. The Morgan fingerprint density at radius 3 is 2.41 bits per heavy atom. The van der Waals surface area contributed by atoms with E-state index in [0.29, 0.717) is 12.1 Å². The summed E-state index contributed by atoms with van der Waals surface area (Å²) in [6.07, 6.45) is 4.59. The highest BCUT2D eigenvalue weighted by Crippen LogP contribution is 2.26. The third kappa shape index (κ3) is 5.53. The van der Waals surface area contributed by atoms with E-state index in [2.05, 4.69) is 41.4 Å². The Morgan fingerprint density at radius 1 is 0.971 bits per heavy atom. The lowest BCUT2D eigenvalue weighted by atomic mass is 10.0. The molecule has 6 nitrogen and oxygen atoms in total. The molecule has 0 saturated carbocycles. The summed E-state index contributed by atoms with van der Waals surface area (Å²) in [5, 5.41) is 3.16. The number of likely N-dealkylation sites (tertiary alicyclic amines) is 1. The second-order valence-corrected chi connectivity index (χ2v) is 11.8. The molecule has 2 aliphatic heterocycles. The van der Waals surface area contributed by atoms with E-state index in [1.807, 2.05) is 13.8 Å². The molecule has 0 aromatic heterocycles. The number of nitrogens with one attached hydrogen (secondary N) is 1. The molecule has 1 N–H and O–H groups in total. The first kappa shape index (κ1) is 24.9. The van der Waals surface area contributed by atoms with Crippen LogP contribution in [0, 0.1) is 13.8 Å². The summed E-state index contributed by atoms with van der Waals surface area (Å²) < 4.78 is 28.1. The molecule has 2 saturated heterocycles. The normalized spacial score (nSPS) is 20.9. The van der Waals surface area contributed by atoms with E-state index in [1.54, 1.807) is 22.5 Å². The van der Waals surface area contributed by atoms with Crippen LogP contribution in [0.15, 0.2) is 47.4 Å². The van der Waals surface area contributed by atoms with Gasteiger partial charge >= 0.3 is 0 Å². The molecule has 4 rings (SSSR count). The molecule has 2 heterocycles. The predicted molar refractivity (Wildman–Crippen MR) is 135 cm³/mol. The van der Waals surface area contributed by atoms with Crippen LogP contribution in [0.5, 0.6) is 0 Å². The summed E-state index contributed by atoms with van der Waals surface area (Å²) in [7, 11) is -3.61.